The van der Waals surface area contributed by atoms with E-state index >= 15 is 0 Å². The number of aryl methyl sites for hydroxylation is 1. The monoisotopic (exact) mass is 325 g/mol. The van der Waals surface area contributed by atoms with Crippen LogP contribution in [0, 0.1) is 0 Å². The van der Waals surface area contributed by atoms with Crippen LogP contribution in [0.2, 0.25) is 0 Å². The highest BCUT2D eigenvalue weighted by Gasteiger charge is 2.26. The number of benzene rings is 1. The predicted octanol–water partition coefficient (Wildman–Crippen LogP) is 5.26. The summed E-state index contributed by atoms with van der Waals surface area (Å²) in [6.45, 7) is 0. The summed E-state index contributed by atoms with van der Waals surface area (Å²) in [6, 6.07) is 7.71. The van der Waals surface area contributed by atoms with E-state index in [4.69, 9.17) is 0 Å². The van der Waals surface area contributed by atoms with Crippen LogP contribution in [0.3, 0.4) is 0 Å². The van der Waals surface area contributed by atoms with Crippen molar-refractivity contribution < 1.29 is 9.90 Å². The molecule has 0 unspecified atom stereocenters. The quantitative estimate of drug-likeness (QED) is 0.713. The summed E-state index contributed by atoms with van der Waals surface area (Å²) in [5, 5.41) is 14.8. The highest BCUT2D eigenvalue weighted by Crippen LogP contribution is 2.44. The number of hydrogen-bond donors (Lipinski definition) is 1. The SMILES string of the molecule is Cn1c(-c2ccsc2)c(C2CCCC2)c2ccc(C(=O)O)cc21. The fourth-order valence-electron chi connectivity index (χ4n) is 3.97. The number of nitrogens with zero attached hydrogens (tertiary/aromatic N) is 1. The van der Waals surface area contributed by atoms with Crippen LogP contribution in [0.1, 0.15) is 47.5 Å². The highest BCUT2D eigenvalue weighted by atomic mass is 32.1. The zero-order valence-corrected chi connectivity index (χ0v) is 13.9. The minimum atomic E-state index is -0.868. The summed E-state index contributed by atoms with van der Waals surface area (Å²) >= 11 is 1.70. The minimum absolute atomic E-state index is 0.355. The fourth-order valence-corrected chi connectivity index (χ4v) is 4.62. The summed E-state index contributed by atoms with van der Waals surface area (Å²) in [7, 11) is 2.05. The Kier molecular flexibility index (Phi) is 3.49. The Labute approximate surface area is 139 Å². The van der Waals surface area contributed by atoms with Gasteiger partial charge < -0.3 is 9.67 Å². The zero-order valence-electron chi connectivity index (χ0n) is 13.1. The molecule has 1 aliphatic rings. The van der Waals surface area contributed by atoms with Gasteiger partial charge in [0.15, 0.2) is 0 Å². The van der Waals surface area contributed by atoms with Gasteiger partial charge >= 0.3 is 5.97 Å². The second kappa shape index (κ2) is 5.53. The molecule has 23 heavy (non-hydrogen) atoms. The summed E-state index contributed by atoms with van der Waals surface area (Å²) < 4.78 is 2.18. The average molecular weight is 325 g/mol. The molecule has 2 aromatic heterocycles. The van der Waals surface area contributed by atoms with Gasteiger partial charge in [-0.3, -0.25) is 0 Å². The third-order valence-electron chi connectivity index (χ3n) is 5.04. The van der Waals surface area contributed by atoms with Crippen molar-refractivity contribution in [2.75, 3.05) is 0 Å². The summed E-state index contributed by atoms with van der Waals surface area (Å²) in [6.07, 6.45) is 5.04. The first-order chi connectivity index (χ1) is 11.2. The minimum Gasteiger partial charge on any atom is -0.478 e. The first-order valence-corrected chi connectivity index (χ1v) is 8.99. The maximum atomic E-state index is 11.3. The Hall–Kier alpha value is -2.07. The largest absolute Gasteiger partial charge is 0.478 e. The van der Waals surface area contributed by atoms with Gasteiger partial charge in [0.1, 0.15) is 0 Å². The average Bonchev–Trinajstić information content (AvgIpc) is 3.26. The molecule has 4 rings (SSSR count). The smallest absolute Gasteiger partial charge is 0.335 e. The van der Waals surface area contributed by atoms with Crippen LogP contribution in [-0.4, -0.2) is 15.6 Å². The topological polar surface area (TPSA) is 42.2 Å². The number of rotatable bonds is 3. The first kappa shape index (κ1) is 14.5. The molecule has 4 heteroatoms. The van der Waals surface area contributed by atoms with Crippen molar-refractivity contribution in [1.29, 1.82) is 0 Å². The van der Waals surface area contributed by atoms with E-state index in [9.17, 15) is 9.90 Å². The van der Waals surface area contributed by atoms with Crippen LogP contribution >= 0.6 is 11.3 Å². The molecule has 0 spiro atoms. The lowest BCUT2D eigenvalue weighted by atomic mass is 9.92. The number of hydrogen-bond acceptors (Lipinski definition) is 2. The first-order valence-electron chi connectivity index (χ1n) is 8.05. The molecule has 0 amide bonds. The number of carboxylic acid groups (broad SMARTS) is 1. The Morgan fingerprint density at radius 2 is 2.04 bits per heavy atom. The highest BCUT2D eigenvalue weighted by molar-refractivity contribution is 7.08. The van der Waals surface area contributed by atoms with Crippen molar-refractivity contribution in [3.05, 3.63) is 46.2 Å². The summed E-state index contributed by atoms with van der Waals surface area (Å²) in [5.41, 5.74) is 5.29. The summed E-state index contributed by atoms with van der Waals surface area (Å²) in [5.74, 6) is -0.281. The van der Waals surface area contributed by atoms with E-state index in [1.54, 1.807) is 17.4 Å². The van der Waals surface area contributed by atoms with E-state index in [-0.39, 0.29) is 0 Å². The van der Waals surface area contributed by atoms with Crippen LogP contribution in [0.15, 0.2) is 35.0 Å². The van der Waals surface area contributed by atoms with Crippen molar-refractivity contribution in [3.63, 3.8) is 0 Å². The molecule has 0 saturated heterocycles. The molecule has 3 aromatic rings. The Morgan fingerprint density at radius 1 is 1.26 bits per heavy atom. The molecule has 1 fully saturated rings. The van der Waals surface area contributed by atoms with Gasteiger partial charge in [-0.1, -0.05) is 18.9 Å². The fraction of sp³-hybridized carbons (Fsp3) is 0.316. The van der Waals surface area contributed by atoms with Gasteiger partial charge in [-0.25, -0.2) is 4.79 Å². The molecule has 118 valence electrons. The van der Waals surface area contributed by atoms with Crippen molar-refractivity contribution in [2.45, 2.75) is 31.6 Å². The van der Waals surface area contributed by atoms with Gasteiger partial charge in [0, 0.05) is 28.9 Å². The Morgan fingerprint density at radius 3 is 2.70 bits per heavy atom. The Balaban J connectivity index is 2.03. The Bertz CT molecular complexity index is 871. The molecular formula is C19H19NO2S. The standard InChI is InChI=1S/C19H19NO2S/c1-20-16-10-13(19(21)22)6-7-15(16)17(12-4-2-3-5-12)18(20)14-8-9-23-11-14/h6-12H,2-5H2,1H3,(H,21,22). The van der Waals surface area contributed by atoms with Crippen LogP contribution in [0.5, 0.6) is 0 Å². The van der Waals surface area contributed by atoms with Gasteiger partial charge in [-0.15, -0.1) is 0 Å². The maximum absolute atomic E-state index is 11.3. The van der Waals surface area contributed by atoms with Crippen LogP contribution in [-0.2, 0) is 7.05 Å². The molecule has 1 aromatic carbocycles. The third-order valence-corrected chi connectivity index (χ3v) is 5.73. The molecule has 0 bridgehead atoms. The normalized spacial score (nSPS) is 15.5. The third kappa shape index (κ3) is 2.29. The van der Waals surface area contributed by atoms with Crippen molar-refractivity contribution in [2.24, 2.45) is 7.05 Å². The molecule has 1 saturated carbocycles. The van der Waals surface area contributed by atoms with E-state index in [0.717, 1.165) is 5.52 Å². The van der Waals surface area contributed by atoms with Crippen LogP contribution < -0.4 is 0 Å². The van der Waals surface area contributed by atoms with Gasteiger partial charge in [0.2, 0.25) is 0 Å². The number of aromatic carboxylic acids is 1. The van der Waals surface area contributed by atoms with Gasteiger partial charge in [0.25, 0.3) is 0 Å². The number of carboxylic acids is 1. The van der Waals surface area contributed by atoms with Crippen molar-refractivity contribution in [3.8, 4) is 11.3 Å². The van der Waals surface area contributed by atoms with E-state index in [2.05, 4.69) is 28.4 Å². The van der Waals surface area contributed by atoms with E-state index < -0.39 is 5.97 Å². The molecule has 1 N–H and O–H groups in total. The molecule has 0 aliphatic heterocycles. The maximum Gasteiger partial charge on any atom is 0.335 e. The van der Waals surface area contributed by atoms with Crippen molar-refractivity contribution in [1.82, 2.24) is 4.57 Å². The summed E-state index contributed by atoms with van der Waals surface area (Å²) in [4.78, 5) is 11.3. The molecule has 0 atom stereocenters. The molecular weight excluding hydrogens is 306 g/mol. The molecule has 0 radical (unpaired) electrons. The zero-order chi connectivity index (χ0) is 16.0. The van der Waals surface area contributed by atoms with Crippen molar-refractivity contribution >= 4 is 28.2 Å². The second-order valence-electron chi connectivity index (χ2n) is 6.35. The number of aromatic nitrogens is 1. The van der Waals surface area contributed by atoms with Crippen LogP contribution in [0.25, 0.3) is 22.2 Å². The number of carbonyl (C=O) groups is 1. The second-order valence-corrected chi connectivity index (χ2v) is 7.13. The lowest BCUT2D eigenvalue weighted by Gasteiger charge is -2.12. The number of thiophene rings is 1. The lowest BCUT2D eigenvalue weighted by molar-refractivity contribution is 0.0697. The lowest BCUT2D eigenvalue weighted by Crippen LogP contribution is -1.97. The number of fused-ring (bicyclic) bond motifs is 1. The molecule has 1 aliphatic carbocycles. The van der Waals surface area contributed by atoms with E-state index in [1.807, 2.05) is 12.1 Å². The van der Waals surface area contributed by atoms with E-state index in [0.29, 0.717) is 11.5 Å². The predicted molar refractivity (Wildman–Crippen MR) is 94.4 cm³/mol. The van der Waals surface area contributed by atoms with E-state index in [1.165, 1.54) is 47.9 Å². The molecule has 3 nitrogen and oxygen atoms in total. The molecule has 2 heterocycles. The van der Waals surface area contributed by atoms with Gasteiger partial charge in [-0.05, 0) is 47.9 Å². The van der Waals surface area contributed by atoms with Crippen LogP contribution in [0.4, 0.5) is 0 Å². The van der Waals surface area contributed by atoms with Gasteiger partial charge in [-0.2, -0.15) is 11.3 Å². The van der Waals surface area contributed by atoms with Gasteiger partial charge in [0.05, 0.1) is 11.3 Å².